The molecule has 0 aromatic heterocycles. The molecule has 4 rings (SSSR count). The molecular formula is C29H25FN2O2. The van der Waals surface area contributed by atoms with Gasteiger partial charge in [-0.3, -0.25) is 9.59 Å². The highest BCUT2D eigenvalue weighted by Crippen LogP contribution is 2.20. The van der Waals surface area contributed by atoms with Crippen molar-refractivity contribution in [3.63, 3.8) is 0 Å². The van der Waals surface area contributed by atoms with E-state index in [4.69, 9.17) is 0 Å². The quantitative estimate of drug-likeness (QED) is 0.373. The van der Waals surface area contributed by atoms with Gasteiger partial charge in [0, 0.05) is 17.7 Å². The Bertz CT molecular complexity index is 1250. The van der Waals surface area contributed by atoms with E-state index in [-0.39, 0.29) is 11.5 Å². The lowest BCUT2D eigenvalue weighted by molar-refractivity contribution is -0.118. The number of hydrogen-bond acceptors (Lipinski definition) is 2. The summed E-state index contributed by atoms with van der Waals surface area (Å²) in [7, 11) is 0. The standard InChI is InChI=1S/C29H25FN2O2/c1-20-7-17-26(18-8-20)31-29(34)27(32-28(33)24-13-15-25(30)16-14-24)19-21-9-11-23(12-10-21)22-5-3-2-4-6-22/h2-18,27H,19H2,1H3,(H,31,34)(H,32,33). The van der Waals surface area contributed by atoms with Crippen molar-refractivity contribution in [3.05, 3.63) is 126 Å². The van der Waals surface area contributed by atoms with Crippen LogP contribution in [0.15, 0.2) is 103 Å². The molecule has 0 aliphatic rings. The van der Waals surface area contributed by atoms with Crippen LogP contribution < -0.4 is 10.6 Å². The lowest BCUT2D eigenvalue weighted by atomic mass is 10.00. The first-order chi connectivity index (χ1) is 16.5. The van der Waals surface area contributed by atoms with Gasteiger partial charge in [0.25, 0.3) is 5.91 Å². The van der Waals surface area contributed by atoms with Crippen molar-refractivity contribution < 1.29 is 14.0 Å². The Hall–Kier alpha value is -4.25. The number of nitrogens with one attached hydrogen (secondary N) is 2. The van der Waals surface area contributed by atoms with Crippen LogP contribution in [0.4, 0.5) is 10.1 Å². The van der Waals surface area contributed by atoms with Gasteiger partial charge in [-0.25, -0.2) is 4.39 Å². The molecule has 2 N–H and O–H groups in total. The van der Waals surface area contributed by atoms with Crippen molar-refractivity contribution in [2.24, 2.45) is 0 Å². The van der Waals surface area contributed by atoms with Crippen LogP contribution in [-0.2, 0) is 11.2 Å². The average Bonchev–Trinajstić information content (AvgIpc) is 2.86. The SMILES string of the molecule is Cc1ccc(NC(=O)C(Cc2ccc(-c3ccccc3)cc2)NC(=O)c2ccc(F)cc2)cc1. The molecule has 0 aliphatic heterocycles. The number of carbonyl (C=O) groups is 2. The van der Waals surface area contributed by atoms with Crippen LogP contribution >= 0.6 is 0 Å². The van der Waals surface area contributed by atoms with Crippen LogP contribution in [0, 0.1) is 12.7 Å². The van der Waals surface area contributed by atoms with Gasteiger partial charge < -0.3 is 10.6 Å². The first kappa shape index (κ1) is 22.9. The Kier molecular flexibility index (Phi) is 7.13. The fraction of sp³-hybridized carbons (Fsp3) is 0.103. The smallest absolute Gasteiger partial charge is 0.251 e. The third-order valence-corrected chi connectivity index (χ3v) is 5.55. The van der Waals surface area contributed by atoms with Crippen LogP contribution in [0.25, 0.3) is 11.1 Å². The van der Waals surface area contributed by atoms with Gasteiger partial charge in [0.1, 0.15) is 11.9 Å². The predicted molar refractivity (Wildman–Crippen MR) is 133 cm³/mol. The van der Waals surface area contributed by atoms with Gasteiger partial charge in [0.2, 0.25) is 5.91 Å². The van der Waals surface area contributed by atoms with Crippen LogP contribution in [0.3, 0.4) is 0 Å². The fourth-order valence-electron chi connectivity index (χ4n) is 3.62. The number of benzene rings is 4. The van der Waals surface area contributed by atoms with Crippen molar-refractivity contribution >= 4 is 17.5 Å². The highest BCUT2D eigenvalue weighted by atomic mass is 19.1. The van der Waals surface area contributed by atoms with E-state index < -0.39 is 17.8 Å². The minimum Gasteiger partial charge on any atom is -0.340 e. The zero-order chi connectivity index (χ0) is 23.9. The summed E-state index contributed by atoms with van der Waals surface area (Å²) in [6.45, 7) is 1.97. The second-order valence-electron chi connectivity index (χ2n) is 8.16. The van der Waals surface area contributed by atoms with Crippen LogP contribution in [0.5, 0.6) is 0 Å². The first-order valence-electron chi connectivity index (χ1n) is 11.1. The van der Waals surface area contributed by atoms with E-state index in [0.717, 1.165) is 22.3 Å². The summed E-state index contributed by atoms with van der Waals surface area (Å²) in [4.78, 5) is 25.9. The topological polar surface area (TPSA) is 58.2 Å². The van der Waals surface area contributed by atoms with E-state index in [1.807, 2.05) is 85.8 Å². The van der Waals surface area contributed by atoms with Gasteiger partial charge in [-0.1, -0.05) is 72.3 Å². The molecule has 4 aromatic carbocycles. The van der Waals surface area contributed by atoms with E-state index in [2.05, 4.69) is 10.6 Å². The molecule has 0 saturated heterocycles. The number of anilines is 1. The molecule has 0 fully saturated rings. The number of aryl methyl sites for hydroxylation is 1. The molecule has 0 heterocycles. The zero-order valence-electron chi connectivity index (χ0n) is 18.8. The summed E-state index contributed by atoms with van der Waals surface area (Å²) in [5.41, 5.74) is 5.10. The van der Waals surface area contributed by atoms with E-state index in [1.165, 1.54) is 24.3 Å². The van der Waals surface area contributed by atoms with Gasteiger partial charge in [0.15, 0.2) is 0 Å². The average molecular weight is 453 g/mol. The Morgan fingerprint density at radius 1 is 0.765 bits per heavy atom. The minimum atomic E-state index is -0.818. The molecule has 1 unspecified atom stereocenters. The second kappa shape index (κ2) is 10.6. The molecule has 0 aliphatic carbocycles. The normalized spacial score (nSPS) is 11.5. The van der Waals surface area contributed by atoms with Gasteiger partial charge in [-0.15, -0.1) is 0 Å². The molecule has 4 nitrogen and oxygen atoms in total. The molecule has 170 valence electrons. The largest absolute Gasteiger partial charge is 0.340 e. The number of carbonyl (C=O) groups excluding carboxylic acids is 2. The summed E-state index contributed by atoms with van der Waals surface area (Å²) in [6.07, 6.45) is 0.305. The van der Waals surface area contributed by atoms with Gasteiger partial charge in [-0.05, 0) is 60.0 Å². The van der Waals surface area contributed by atoms with E-state index >= 15 is 0 Å². The third kappa shape index (κ3) is 5.95. The molecule has 5 heteroatoms. The maximum Gasteiger partial charge on any atom is 0.251 e. The maximum absolute atomic E-state index is 13.3. The molecule has 0 bridgehead atoms. The fourth-order valence-corrected chi connectivity index (χ4v) is 3.62. The van der Waals surface area contributed by atoms with Crippen LogP contribution in [0.1, 0.15) is 21.5 Å². The summed E-state index contributed by atoms with van der Waals surface area (Å²) in [6, 6.07) is 29.8. The lowest BCUT2D eigenvalue weighted by Gasteiger charge is -2.19. The van der Waals surface area contributed by atoms with Crippen molar-refractivity contribution in [2.75, 3.05) is 5.32 Å². The molecule has 34 heavy (non-hydrogen) atoms. The van der Waals surface area contributed by atoms with Crippen molar-refractivity contribution in [1.82, 2.24) is 5.32 Å². The Morgan fingerprint density at radius 2 is 1.38 bits per heavy atom. The monoisotopic (exact) mass is 452 g/mol. The zero-order valence-corrected chi connectivity index (χ0v) is 18.8. The van der Waals surface area contributed by atoms with E-state index in [9.17, 15) is 14.0 Å². The second-order valence-corrected chi connectivity index (χ2v) is 8.16. The first-order valence-corrected chi connectivity index (χ1v) is 11.1. The minimum absolute atomic E-state index is 0.286. The molecule has 4 aromatic rings. The van der Waals surface area contributed by atoms with Gasteiger partial charge >= 0.3 is 0 Å². The molecule has 2 amide bonds. The molecule has 0 saturated carbocycles. The van der Waals surface area contributed by atoms with Crippen LogP contribution in [0.2, 0.25) is 0 Å². The molecule has 0 spiro atoms. The Balaban J connectivity index is 1.53. The number of amides is 2. The van der Waals surface area contributed by atoms with E-state index in [0.29, 0.717) is 12.1 Å². The lowest BCUT2D eigenvalue weighted by Crippen LogP contribution is -2.45. The predicted octanol–water partition coefficient (Wildman–Crippen LogP) is 5.78. The molecule has 0 radical (unpaired) electrons. The summed E-state index contributed by atoms with van der Waals surface area (Å²) in [5.74, 6) is -1.19. The van der Waals surface area contributed by atoms with Crippen molar-refractivity contribution in [2.45, 2.75) is 19.4 Å². The highest BCUT2D eigenvalue weighted by molar-refractivity contribution is 6.01. The maximum atomic E-state index is 13.3. The molecule has 1 atom stereocenters. The van der Waals surface area contributed by atoms with Gasteiger partial charge in [0.05, 0.1) is 0 Å². The van der Waals surface area contributed by atoms with Crippen molar-refractivity contribution in [1.29, 1.82) is 0 Å². The highest BCUT2D eigenvalue weighted by Gasteiger charge is 2.22. The summed E-state index contributed by atoms with van der Waals surface area (Å²) < 4.78 is 13.3. The Morgan fingerprint density at radius 3 is 2.03 bits per heavy atom. The Labute approximate surface area is 198 Å². The van der Waals surface area contributed by atoms with Crippen molar-refractivity contribution in [3.8, 4) is 11.1 Å². The summed E-state index contributed by atoms with van der Waals surface area (Å²) in [5, 5.41) is 5.68. The van der Waals surface area contributed by atoms with Crippen LogP contribution in [-0.4, -0.2) is 17.9 Å². The van der Waals surface area contributed by atoms with E-state index in [1.54, 1.807) is 0 Å². The number of hydrogen-bond donors (Lipinski definition) is 2. The molecular weight excluding hydrogens is 427 g/mol. The number of rotatable bonds is 7. The third-order valence-electron chi connectivity index (χ3n) is 5.55. The number of halogens is 1. The summed E-state index contributed by atoms with van der Waals surface area (Å²) >= 11 is 0. The van der Waals surface area contributed by atoms with Gasteiger partial charge in [-0.2, -0.15) is 0 Å².